The van der Waals surface area contributed by atoms with Crippen molar-refractivity contribution in [2.75, 3.05) is 27.1 Å². The van der Waals surface area contributed by atoms with Crippen molar-refractivity contribution in [3.05, 3.63) is 12.3 Å². The molecule has 1 saturated heterocycles. The fourth-order valence-electron chi connectivity index (χ4n) is 3.95. The summed E-state index contributed by atoms with van der Waals surface area (Å²) in [5, 5.41) is 0.0514. The monoisotopic (exact) mass is 604 g/mol. The summed E-state index contributed by atoms with van der Waals surface area (Å²) in [6.45, 7) is 26.3. The SMILES string of the molecule is CCOC(=O)/C=C/O[C@H]1C[C@@H](O[Si](C)(C)C(C)(C)C)[C@H](CCO[Si](C)(C)C(C)(C)C)O[C@]1(C)[C@@H](C=O)OCOC. The van der Waals surface area contributed by atoms with Crippen LogP contribution in [0.5, 0.6) is 0 Å². The third-order valence-corrected chi connectivity index (χ3v) is 17.7. The topological polar surface area (TPSA) is 98.8 Å². The van der Waals surface area contributed by atoms with E-state index in [1.165, 1.54) is 19.4 Å². The van der Waals surface area contributed by atoms with Crippen molar-refractivity contribution in [2.45, 2.75) is 135 Å². The van der Waals surface area contributed by atoms with Crippen LogP contribution in [-0.2, 0) is 42.1 Å². The van der Waals surface area contributed by atoms with Gasteiger partial charge in [-0.2, -0.15) is 0 Å². The van der Waals surface area contributed by atoms with E-state index in [2.05, 4.69) is 67.7 Å². The van der Waals surface area contributed by atoms with Gasteiger partial charge in [0.25, 0.3) is 0 Å². The summed E-state index contributed by atoms with van der Waals surface area (Å²) in [5.74, 6) is -0.516. The highest BCUT2D eigenvalue weighted by Crippen LogP contribution is 2.43. The zero-order chi connectivity index (χ0) is 31.0. The molecule has 0 N–H and O–H groups in total. The van der Waals surface area contributed by atoms with Gasteiger partial charge in [0.05, 0.1) is 31.2 Å². The van der Waals surface area contributed by atoms with Crippen molar-refractivity contribution < 1.29 is 42.1 Å². The minimum Gasteiger partial charge on any atom is -0.495 e. The standard InChI is InChI=1S/C29H56O9Si2/c1-14-33-26(31)16-17-34-24-19-23(38-40(12,13)28(5,6)7)22(15-18-36-39(10,11)27(2,3)4)37-29(24,8)25(20-30)35-21-32-9/h16-17,20,22-25H,14-15,18-19,21H2,1-13H3/b17-16+/t22-,23+,24-,25+,29-/m0/s1. The van der Waals surface area contributed by atoms with Crippen molar-refractivity contribution in [3.8, 4) is 0 Å². The number of aldehydes is 1. The van der Waals surface area contributed by atoms with E-state index in [1.54, 1.807) is 13.8 Å². The van der Waals surface area contributed by atoms with Gasteiger partial charge in [-0.05, 0) is 56.5 Å². The number of carbonyl (C=O) groups is 2. The molecule has 0 bridgehead atoms. The molecule has 0 saturated carbocycles. The van der Waals surface area contributed by atoms with Gasteiger partial charge in [0.2, 0.25) is 0 Å². The van der Waals surface area contributed by atoms with Gasteiger partial charge < -0.3 is 37.3 Å². The summed E-state index contributed by atoms with van der Waals surface area (Å²) in [5.41, 5.74) is -1.19. The Labute approximate surface area is 244 Å². The lowest BCUT2D eigenvalue weighted by Gasteiger charge is -2.51. The lowest BCUT2D eigenvalue weighted by molar-refractivity contribution is -0.261. The number of methoxy groups -OCH3 is 1. The van der Waals surface area contributed by atoms with Gasteiger partial charge in [-0.1, -0.05) is 41.5 Å². The van der Waals surface area contributed by atoms with Gasteiger partial charge in [-0.25, -0.2) is 4.79 Å². The summed E-state index contributed by atoms with van der Waals surface area (Å²) in [6, 6.07) is 0. The van der Waals surface area contributed by atoms with E-state index in [0.717, 1.165) is 0 Å². The molecule has 234 valence electrons. The molecule has 0 aromatic carbocycles. The van der Waals surface area contributed by atoms with E-state index >= 15 is 0 Å². The molecule has 0 radical (unpaired) electrons. The van der Waals surface area contributed by atoms with Gasteiger partial charge in [-0.3, -0.25) is 0 Å². The van der Waals surface area contributed by atoms with E-state index in [4.69, 9.17) is 32.5 Å². The lowest BCUT2D eigenvalue weighted by Crippen LogP contribution is -2.64. The first-order chi connectivity index (χ1) is 18.3. The predicted octanol–water partition coefficient (Wildman–Crippen LogP) is 5.99. The Morgan fingerprint density at radius 3 is 2.17 bits per heavy atom. The Kier molecular flexibility index (Phi) is 13.7. The number of rotatable bonds is 15. The van der Waals surface area contributed by atoms with Crippen LogP contribution in [0.1, 0.15) is 68.2 Å². The van der Waals surface area contributed by atoms with E-state index in [-0.39, 0.29) is 35.7 Å². The molecule has 9 nitrogen and oxygen atoms in total. The van der Waals surface area contributed by atoms with Crippen LogP contribution in [0.15, 0.2) is 12.3 Å². The highest BCUT2D eigenvalue weighted by molar-refractivity contribution is 6.74. The number of carbonyl (C=O) groups excluding carboxylic acids is 2. The van der Waals surface area contributed by atoms with Crippen LogP contribution in [0.3, 0.4) is 0 Å². The summed E-state index contributed by atoms with van der Waals surface area (Å²) < 4.78 is 42.1. The Morgan fingerprint density at radius 1 is 1.07 bits per heavy atom. The van der Waals surface area contributed by atoms with Gasteiger partial charge >= 0.3 is 5.97 Å². The van der Waals surface area contributed by atoms with Crippen molar-refractivity contribution in [1.82, 2.24) is 0 Å². The first-order valence-electron chi connectivity index (χ1n) is 14.3. The molecule has 0 aliphatic carbocycles. The van der Waals surface area contributed by atoms with Crippen LogP contribution in [-0.4, -0.2) is 86.0 Å². The van der Waals surface area contributed by atoms with Crippen LogP contribution in [0.4, 0.5) is 0 Å². The summed E-state index contributed by atoms with van der Waals surface area (Å²) in [6.07, 6.45) is 1.93. The highest BCUT2D eigenvalue weighted by Gasteiger charge is 2.54. The molecule has 5 atom stereocenters. The van der Waals surface area contributed by atoms with E-state index in [1.807, 2.05) is 0 Å². The number of ether oxygens (including phenoxy) is 5. The molecular weight excluding hydrogens is 548 g/mol. The molecule has 0 spiro atoms. The molecule has 1 rings (SSSR count). The van der Waals surface area contributed by atoms with Gasteiger partial charge in [0, 0.05) is 20.1 Å². The molecule has 1 heterocycles. The second-order valence-corrected chi connectivity index (χ2v) is 23.3. The molecule has 0 unspecified atom stereocenters. The molecule has 1 fully saturated rings. The van der Waals surface area contributed by atoms with Crippen molar-refractivity contribution >= 4 is 28.9 Å². The Balaban J connectivity index is 3.41. The lowest BCUT2D eigenvalue weighted by atomic mass is 9.83. The van der Waals surface area contributed by atoms with Crippen LogP contribution in [0, 0.1) is 0 Å². The smallest absolute Gasteiger partial charge is 0.333 e. The van der Waals surface area contributed by atoms with Crippen molar-refractivity contribution in [1.29, 1.82) is 0 Å². The van der Waals surface area contributed by atoms with Crippen LogP contribution < -0.4 is 0 Å². The Morgan fingerprint density at radius 2 is 1.68 bits per heavy atom. The quantitative estimate of drug-likeness (QED) is 0.0558. The first-order valence-corrected chi connectivity index (χ1v) is 20.1. The summed E-state index contributed by atoms with van der Waals surface area (Å²) in [4.78, 5) is 24.2. The normalized spacial score (nSPS) is 25.6. The van der Waals surface area contributed by atoms with E-state index in [0.29, 0.717) is 25.7 Å². The fourth-order valence-corrected chi connectivity index (χ4v) is 6.37. The van der Waals surface area contributed by atoms with Crippen molar-refractivity contribution in [3.63, 3.8) is 0 Å². The van der Waals surface area contributed by atoms with Gasteiger partial charge in [-0.15, -0.1) is 0 Å². The zero-order valence-corrected chi connectivity index (χ0v) is 29.3. The molecule has 0 aromatic rings. The number of esters is 1. The maximum Gasteiger partial charge on any atom is 0.333 e. The van der Waals surface area contributed by atoms with E-state index < -0.39 is 40.4 Å². The maximum atomic E-state index is 12.3. The minimum atomic E-state index is -2.21. The summed E-state index contributed by atoms with van der Waals surface area (Å²) >= 11 is 0. The maximum absolute atomic E-state index is 12.3. The van der Waals surface area contributed by atoms with Gasteiger partial charge in [0.1, 0.15) is 24.6 Å². The van der Waals surface area contributed by atoms with Crippen LogP contribution in [0.25, 0.3) is 0 Å². The fraction of sp³-hybridized carbons (Fsp3) is 0.862. The van der Waals surface area contributed by atoms with Gasteiger partial charge in [0.15, 0.2) is 22.9 Å². The molecule has 0 amide bonds. The number of hydrogen-bond acceptors (Lipinski definition) is 9. The largest absolute Gasteiger partial charge is 0.495 e. The average molecular weight is 605 g/mol. The molecular formula is C29H56O9Si2. The molecule has 1 aliphatic heterocycles. The summed E-state index contributed by atoms with van der Waals surface area (Å²) in [7, 11) is -2.70. The second-order valence-electron chi connectivity index (χ2n) is 13.7. The third-order valence-electron chi connectivity index (χ3n) is 8.62. The molecule has 0 aromatic heterocycles. The van der Waals surface area contributed by atoms with Crippen LogP contribution in [0.2, 0.25) is 36.3 Å². The second kappa shape index (κ2) is 14.9. The third kappa shape index (κ3) is 10.0. The molecule has 40 heavy (non-hydrogen) atoms. The minimum absolute atomic E-state index is 0.0248. The Hall–Kier alpha value is -1.09. The van der Waals surface area contributed by atoms with Crippen molar-refractivity contribution in [2.24, 2.45) is 0 Å². The average Bonchev–Trinajstić information content (AvgIpc) is 2.80. The highest BCUT2D eigenvalue weighted by atomic mass is 28.4. The first kappa shape index (κ1) is 36.9. The molecule has 1 aliphatic rings. The molecule has 11 heteroatoms. The Bertz CT molecular complexity index is 832. The predicted molar refractivity (Wildman–Crippen MR) is 161 cm³/mol. The van der Waals surface area contributed by atoms with E-state index in [9.17, 15) is 9.59 Å². The zero-order valence-electron chi connectivity index (χ0n) is 27.3. The van der Waals surface area contributed by atoms with Crippen LogP contribution >= 0.6 is 0 Å². The number of hydrogen-bond donors (Lipinski definition) is 0.